The van der Waals surface area contributed by atoms with E-state index in [4.69, 9.17) is 40.4 Å². The minimum absolute atomic E-state index is 0.214. The number of benzodiazepines with no additional fused rings is 1. The van der Waals surface area contributed by atoms with Gasteiger partial charge in [0.05, 0.1) is 11.4 Å². The number of hydrogen-bond donors (Lipinski definition) is 2. The number of anilines is 2. The van der Waals surface area contributed by atoms with Crippen LogP contribution in [0.25, 0.3) is 10.8 Å². The summed E-state index contributed by atoms with van der Waals surface area (Å²) < 4.78 is 0. The number of nitrogens with one attached hydrogen (secondary N) is 2. The Morgan fingerprint density at radius 3 is 2.51 bits per heavy atom. The highest BCUT2D eigenvalue weighted by molar-refractivity contribution is 7.80. The molecule has 0 saturated carbocycles. The number of hydrogen-bond acceptors (Lipinski definition) is 4. The second-order valence-corrected chi connectivity index (χ2v) is 9.19. The number of halogens is 2. The molecule has 0 radical (unpaired) electrons. The van der Waals surface area contributed by atoms with Crippen LogP contribution in [0.15, 0.2) is 84.0 Å². The van der Waals surface area contributed by atoms with Crippen molar-refractivity contribution >= 4 is 74.4 Å². The van der Waals surface area contributed by atoms with Gasteiger partial charge in [-0.2, -0.15) is 0 Å². The van der Waals surface area contributed by atoms with Gasteiger partial charge in [-0.25, -0.2) is 9.98 Å². The second-order valence-electron chi connectivity index (χ2n) is 7.93. The summed E-state index contributed by atoms with van der Waals surface area (Å²) in [5, 5.41) is 9.37. The third-order valence-electron chi connectivity index (χ3n) is 5.67. The molecule has 1 unspecified atom stereocenters. The zero-order chi connectivity index (χ0) is 24.5. The normalized spacial score (nSPS) is 15.3. The van der Waals surface area contributed by atoms with Crippen LogP contribution in [0.5, 0.6) is 0 Å². The summed E-state index contributed by atoms with van der Waals surface area (Å²) in [5.74, 6) is 0.271. The number of nitrogens with zero attached hydrogens (tertiary/aromatic N) is 3. The number of benzene rings is 3. The van der Waals surface area contributed by atoms with Crippen LogP contribution >= 0.6 is 35.4 Å². The summed E-state index contributed by atoms with van der Waals surface area (Å²) in [4.78, 5) is 24.1. The summed E-state index contributed by atoms with van der Waals surface area (Å²) in [6.45, 7) is 0. The summed E-state index contributed by atoms with van der Waals surface area (Å²) >= 11 is 18.3. The zero-order valence-electron chi connectivity index (χ0n) is 18.5. The fourth-order valence-electron chi connectivity index (χ4n) is 3.94. The molecule has 35 heavy (non-hydrogen) atoms. The number of aliphatic imine (C=N–C) groups is 1. The van der Waals surface area contributed by atoms with Gasteiger partial charge in [-0.15, -0.1) is 0 Å². The summed E-state index contributed by atoms with van der Waals surface area (Å²) in [5.41, 5.74) is 2.58. The molecule has 1 aliphatic rings. The maximum Gasteiger partial charge on any atom is 0.272 e. The maximum absolute atomic E-state index is 13.4. The lowest BCUT2D eigenvalue weighted by molar-refractivity contribution is -0.119. The number of likely N-dealkylation sites (N-methyl/N-ethyl adjacent to an activating group) is 1. The molecule has 1 amide bonds. The number of rotatable bonds is 3. The lowest BCUT2D eigenvalue weighted by Crippen LogP contribution is -2.47. The highest BCUT2D eigenvalue weighted by atomic mass is 35.5. The van der Waals surface area contributed by atoms with E-state index in [1.807, 2.05) is 48.5 Å². The van der Waals surface area contributed by atoms with Crippen molar-refractivity contribution in [1.82, 2.24) is 10.3 Å². The predicted molar refractivity (Wildman–Crippen MR) is 147 cm³/mol. The fraction of sp³-hybridized carbons (Fsp3) is 0.0769. The molecule has 1 aliphatic heterocycles. The van der Waals surface area contributed by atoms with E-state index in [2.05, 4.69) is 15.6 Å². The zero-order valence-corrected chi connectivity index (χ0v) is 20.8. The van der Waals surface area contributed by atoms with Crippen molar-refractivity contribution in [2.24, 2.45) is 4.99 Å². The first kappa shape index (κ1) is 23.2. The topological polar surface area (TPSA) is 69.6 Å². The summed E-state index contributed by atoms with van der Waals surface area (Å²) in [6.07, 6.45) is 0.761. The minimum atomic E-state index is -1.00. The van der Waals surface area contributed by atoms with Crippen LogP contribution in [0.3, 0.4) is 0 Å². The molecule has 6 nitrogen and oxygen atoms in total. The quantitative estimate of drug-likeness (QED) is 0.341. The highest BCUT2D eigenvalue weighted by Gasteiger charge is 2.31. The molecule has 9 heteroatoms. The van der Waals surface area contributed by atoms with Crippen molar-refractivity contribution in [3.8, 4) is 0 Å². The van der Waals surface area contributed by atoms with Crippen LogP contribution in [0, 0.1) is 0 Å². The van der Waals surface area contributed by atoms with Crippen LogP contribution in [0.1, 0.15) is 11.1 Å². The van der Waals surface area contributed by atoms with Crippen LogP contribution in [0.2, 0.25) is 10.0 Å². The molecule has 0 aliphatic carbocycles. The SMILES string of the molecule is CN1C(=O)C(NC(=S)Nc2cc3ccccc3cn2)N=C(c2ccccc2Cl)c2cc(Cl)ccc21. The number of amides is 1. The number of pyridine rings is 1. The lowest BCUT2D eigenvalue weighted by Gasteiger charge is -2.22. The van der Waals surface area contributed by atoms with Gasteiger partial charge in [0.1, 0.15) is 5.82 Å². The molecule has 1 atom stereocenters. The summed E-state index contributed by atoms with van der Waals surface area (Å²) in [7, 11) is 1.69. The van der Waals surface area contributed by atoms with E-state index in [9.17, 15) is 4.79 Å². The van der Waals surface area contributed by atoms with Crippen LogP contribution < -0.4 is 15.5 Å². The third-order valence-corrected chi connectivity index (χ3v) is 6.45. The Bertz CT molecular complexity index is 1510. The molecule has 174 valence electrons. The van der Waals surface area contributed by atoms with E-state index in [1.54, 1.807) is 37.5 Å². The molecule has 0 spiro atoms. The number of carbonyl (C=O) groups is 1. The van der Waals surface area contributed by atoms with Gasteiger partial charge in [-0.05, 0) is 47.9 Å². The fourth-order valence-corrected chi connectivity index (χ4v) is 4.55. The molecular weight excluding hydrogens is 501 g/mol. The lowest BCUT2D eigenvalue weighted by atomic mass is 10.00. The van der Waals surface area contributed by atoms with Gasteiger partial charge in [0.25, 0.3) is 5.91 Å². The number of aromatic nitrogens is 1. The molecular formula is C26H19Cl2N5OS. The van der Waals surface area contributed by atoms with Gasteiger partial charge >= 0.3 is 0 Å². The molecule has 4 aromatic rings. The van der Waals surface area contributed by atoms with E-state index in [-0.39, 0.29) is 11.0 Å². The van der Waals surface area contributed by atoms with Gasteiger partial charge in [0, 0.05) is 39.8 Å². The Kier molecular flexibility index (Phi) is 6.38. The van der Waals surface area contributed by atoms with Gasteiger partial charge in [-0.3, -0.25) is 4.79 Å². The minimum Gasteiger partial charge on any atom is -0.333 e. The van der Waals surface area contributed by atoms with E-state index >= 15 is 0 Å². The molecule has 2 heterocycles. The van der Waals surface area contributed by atoms with Crippen molar-refractivity contribution in [2.75, 3.05) is 17.3 Å². The largest absolute Gasteiger partial charge is 0.333 e. The molecule has 0 saturated heterocycles. The van der Waals surface area contributed by atoms with Crippen molar-refractivity contribution in [3.05, 3.63) is 100 Å². The average molecular weight is 520 g/mol. The first-order valence-corrected chi connectivity index (χ1v) is 11.9. The third kappa shape index (κ3) is 4.71. The summed E-state index contributed by atoms with van der Waals surface area (Å²) in [6, 6.07) is 22.4. The maximum atomic E-state index is 13.4. The molecule has 0 fully saturated rings. The Hall–Kier alpha value is -3.52. The highest BCUT2D eigenvalue weighted by Crippen LogP contribution is 2.31. The first-order valence-electron chi connectivity index (χ1n) is 10.7. The van der Waals surface area contributed by atoms with E-state index in [0.29, 0.717) is 38.4 Å². The number of carbonyl (C=O) groups excluding carboxylic acids is 1. The Balaban J connectivity index is 1.50. The van der Waals surface area contributed by atoms with Crippen molar-refractivity contribution < 1.29 is 4.79 Å². The van der Waals surface area contributed by atoms with E-state index in [0.717, 1.165) is 10.8 Å². The van der Waals surface area contributed by atoms with Crippen LogP contribution in [0.4, 0.5) is 11.5 Å². The van der Waals surface area contributed by atoms with Crippen LogP contribution in [-0.2, 0) is 4.79 Å². The molecule has 0 bridgehead atoms. The Morgan fingerprint density at radius 1 is 0.971 bits per heavy atom. The monoisotopic (exact) mass is 519 g/mol. The van der Waals surface area contributed by atoms with Crippen LogP contribution in [-0.4, -0.2) is 34.9 Å². The van der Waals surface area contributed by atoms with Crippen molar-refractivity contribution in [1.29, 1.82) is 0 Å². The number of fused-ring (bicyclic) bond motifs is 2. The molecule has 1 aromatic heterocycles. The molecule has 2 N–H and O–H groups in total. The molecule has 5 rings (SSSR count). The average Bonchev–Trinajstić information content (AvgIpc) is 2.94. The van der Waals surface area contributed by atoms with Gasteiger partial charge < -0.3 is 15.5 Å². The van der Waals surface area contributed by atoms with Gasteiger partial charge in [0.15, 0.2) is 5.11 Å². The first-order chi connectivity index (χ1) is 16.9. The predicted octanol–water partition coefficient (Wildman–Crippen LogP) is 5.67. The number of thiocarbonyl (C=S) groups is 1. The molecule has 3 aromatic carbocycles. The standard InChI is InChI=1S/C26H19Cl2N5OS/c1-33-21-11-10-17(27)13-19(21)23(18-8-4-5-9-20(18)28)31-24(25(33)34)32-26(35)30-22-12-15-6-2-3-7-16(15)14-29-22/h2-14,24H,1H3,(H2,29,30,32,35). The van der Waals surface area contributed by atoms with E-state index < -0.39 is 6.17 Å². The smallest absolute Gasteiger partial charge is 0.272 e. The van der Waals surface area contributed by atoms with Gasteiger partial charge in [0.2, 0.25) is 6.17 Å². The Morgan fingerprint density at radius 2 is 1.71 bits per heavy atom. The van der Waals surface area contributed by atoms with Gasteiger partial charge in [-0.1, -0.05) is 65.7 Å². The Labute approximate surface area is 217 Å². The van der Waals surface area contributed by atoms with Crippen molar-refractivity contribution in [3.63, 3.8) is 0 Å². The second kappa shape index (κ2) is 9.62. The van der Waals surface area contributed by atoms with Crippen molar-refractivity contribution in [2.45, 2.75) is 6.17 Å². The van der Waals surface area contributed by atoms with E-state index in [1.165, 1.54) is 4.90 Å².